The number of carbonyl (C=O) groups is 1. The number of hydrogen-bond acceptors (Lipinski definition) is 3. The van der Waals surface area contributed by atoms with Crippen molar-refractivity contribution in [2.45, 2.75) is 25.6 Å². The van der Waals surface area contributed by atoms with Crippen LogP contribution in [0.4, 0.5) is 0 Å². The molecule has 96 valence electrons. The van der Waals surface area contributed by atoms with Crippen molar-refractivity contribution in [3.63, 3.8) is 0 Å². The quantitative estimate of drug-likeness (QED) is 0.480. The van der Waals surface area contributed by atoms with E-state index in [1.807, 2.05) is 20.8 Å². The second-order valence-corrected chi connectivity index (χ2v) is 4.71. The van der Waals surface area contributed by atoms with Gasteiger partial charge in [0, 0.05) is 26.3 Å². The Kier molecular flexibility index (Phi) is 9.97. The molecule has 0 spiro atoms. The summed E-state index contributed by atoms with van der Waals surface area (Å²) in [4.78, 5) is 13.4. The summed E-state index contributed by atoms with van der Waals surface area (Å²) in [5.74, 6) is 0.0828. The topological polar surface area (TPSA) is 38.8 Å². The Labute approximate surface area is 106 Å². The Bertz CT molecular complexity index is 178. The van der Waals surface area contributed by atoms with E-state index in [0.29, 0.717) is 39.5 Å². The van der Waals surface area contributed by atoms with E-state index in [-0.39, 0.29) is 10.7 Å². The highest BCUT2D eigenvalue weighted by atomic mass is 79.9. The summed E-state index contributed by atoms with van der Waals surface area (Å²) in [5, 5.41) is 0. The number of nitrogens with zero attached hydrogens (tertiary/aromatic N) is 1. The van der Waals surface area contributed by atoms with Crippen LogP contribution in [0.1, 0.15) is 20.8 Å². The van der Waals surface area contributed by atoms with Gasteiger partial charge in [0.25, 0.3) is 0 Å². The molecule has 0 aromatic rings. The van der Waals surface area contributed by atoms with E-state index in [9.17, 15) is 4.79 Å². The van der Waals surface area contributed by atoms with Gasteiger partial charge in [-0.15, -0.1) is 0 Å². The third-order valence-corrected chi connectivity index (χ3v) is 2.46. The Morgan fingerprint density at radius 3 is 1.94 bits per heavy atom. The maximum Gasteiger partial charge on any atom is 0.236 e. The number of amides is 1. The molecular formula is C11H22BrNO3. The fourth-order valence-electron chi connectivity index (χ4n) is 1.22. The minimum Gasteiger partial charge on any atom is -0.380 e. The molecule has 0 radical (unpaired) electrons. The maximum atomic E-state index is 11.8. The molecule has 0 saturated carbocycles. The van der Waals surface area contributed by atoms with Gasteiger partial charge in [0.2, 0.25) is 5.91 Å². The molecule has 4 nitrogen and oxygen atoms in total. The fraction of sp³-hybridized carbons (Fsp3) is 0.909. The van der Waals surface area contributed by atoms with E-state index in [1.165, 1.54) is 0 Å². The first kappa shape index (κ1) is 15.9. The summed E-state index contributed by atoms with van der Waals surface area (Å²) in [6.45, 7) is 9.47. The molecule has 5 heteroatoms. The SMILES string of the molecule is CCOCCN(CCOCC)C(=O)C(C)Br. The lowest BCUT2D eigenvalue weighted by molar-refractivity contribution is -0.131. The van der Waals surface area contributed by atoms with Gasteiger partial charge in [0.15, 0.2) is 0 Å². The average Bonchev–Trinajstić information content (AvgIpc) is 2.26. The molecule has 0 aliphatic heterocycles. The minimum absolute atomic E-state index is 0.0828. The number of carbonyl (C=O) groups excluding carboxylic acids is 1. The Balaban J connectivity index is 4.00. The van der Waals surface area contributed by atoms with Crippen LogP contribution >= 0.6 is 15.9 Å². The van der Waals surface area contributed by atoms with Gasteiger partial charge < -0.3 is 14.4 Å². The molecule has 16 heavy (non-hydrogen) atoms. The van der Waals surface area contributed by atoms with E-state index < -0.39 is 0 Å². The van der Waals surface area contributed by atoms with Crippen LogP contribution in [0.3, 0.4) is 0 Å². The molecule has 0 bridgehead atoms. The number of hydrogen-bond donors (Lipinski definition) is 0. The minimum atomic E-state index is -0.157. The highest BCUT2D eigenvalue weighted by molar-refractivity contribution is 9.10. The van der Waals surface area contributed by atoms with Gasteiger partial charge in [-0.05, 0) is 20.8 Å². The van der Waals surface area contributed by atoms with Gasteiger partial charge in [-0.3, -0.25) is 4.79 Å². The maximum absolute atomic E-state index is 11.8. The summed E-state index contributed by atoms with van der Waals surface area (Å²) in [7, 11) is 0. The molecule has 0 heterocycles. The lowest BCUT2D eigenvalue weighted by atomic mass is 10.3. The zero-order chi connectivity index (χ0) is 12.4. The summed E-state index contributed by atoms with van der Waals surface area (Å²) in [6, 6.07) is 0. The summed E-state index contributed by atoms with van der Waals surface area (Å²) >= 11 is 3.29. The van der Waals surface area contributed by atoms with Crippen LogP contribution in [0.25, 0.3) is 0 Å². The van der Waals surface area contributed by atoms with Gasteiger partial charge in [0.05, 0.1) is 18.0 Å². The Morgan fingerprint density at radius 2 is 1.62 bits per heavy atom. The first-order valence-corrected chi connectivity index (χ1v) is 6.63. The highest BCUT2D eigenvalue weighted by Gasteiger charge is 2.17. The molecular weight excluding hydrogens is 274 g/mol. The molecule has 0 rings (SSSR count). The van der Waals surface area contributed by atoms with Crippen molar-refractivity contribution in [2.75, 3.05) is 39.5 Å². The molecule has 0 aliphatic rings. The predicted molar refractivity (Wildman–Crippen MR) is 68.0 cm³/mol. The summed E-state index contributed by atoms with van der Waals surface area (Å²) in [5.41, 5.74) is 0. The van der Waals surface area contributed by atoms with Crippen LogP contribution in [0.15, 0.2) is 0 Å². The van der Waals surface area contributed by atoms with E-state index in [4.69, 9.17) is 9.47 Å². The van der Waals surface area contributed by atoms with Crippen LogP contribution in [0.2, 0.25) is 0 Å². The lowest BCUT2D eigenvalue weighted by Gasteiger charge is -2.23. The monoisotopic (exact) mass is 295 g/mol. The van der Waals surface area contributed by atoms with Crippen LogP contribution in [-0.4, -0.2) is 55.2 Å². The number of ether oxygens (including phenoxy) is 2. The molecule has 0 fully saturated rings. The normalized spacial score (nSPS) is 12.5. The van der Waals surface area contributed by atoms with Crippen LogP contribution < -0.4 is 0 Å². The second kappa shape index (κ2) is 10.1. The number of alkyl halides is 1. The van der Waals surface area contributed by atoms with Crippen molar-refractivity contribution in [1.29, 1.82) is 0 Å². The predicted octanol–water partition coefficient (Wildman–Crippen LogP) is 1.67. The second-order valence-electron chi connectivity index (χ2n) is 3.34. The lowest BCUT2D eigenvalue weighted by Crippen LogP contribution is -2.40. The molecule has 1 unspecified atom stereocenters. The summed E-state index contributed by atoms with van der Waals surface area (Å²) in [6.07, 6.45) is 0. The molecule has 1 atom stereocenters. The zero-order valence-electron chi connectivity index (χ0n) is 10.4. The molecule has 0 saturated heterocycles. The van der Waals surface area contributed by atoms with Gasteiger partial charge >= 0.3 is 0 Å². The number of rotatable bonds is 9. The van der Waals surface area contributed by atoms with Crippen molar-refractivity contribution in [3.8, 4) is 0 Å². The third-order valence-electron chi connectivity index (χ3n) is 2.07. The smallest absolute Gasteiger partial charge is 0.236 e. The average molecular weight is 296 g/mol. The molecule has 0 aromatic heterocycles. The van der Waals surface area contributed by atoms with E-state index in [0.717, 1.165) is 0 Å². The molecule has 0 aliphatic carbocycles. The van der Waals surface area contributed by atoms with Gasteiger partial charge in [-0.25, -0.2) is 0 Å². The Hall–Kier alpha value is -0.130. The van der Waals surface area contributed by atoms with Gasteiger partial charge in [-0.1, -0.05) is 15.9 Å². The summed E-state index contributed by atoms with van der Waals surface area (Å²) < 4.78 is 10.5. The zero-order valence-corrected chi connectivity index (χ0v) is 12.0. The van der Waals surface area contributed by atoms with Crippen molar-refractivity contribution in [3.05, 3.63) is 0 Å². The van der Waals surface area contributed by atoms with E-state index in [2.05, 4.69) is 15.9 Å². The van der Waals surface area contributed by atoms with Crippen molar-refractivity contribution >= 4 is 21.8 Å². The third kappa shape index (κ3) is 7.19. The first-order chi connectivity index (χ1) is 7.63. The van der Waals surface area contributed by atoms with Crippen molar-refractivity contribution in [1.82, 2.24) is 4.90 Å². The molecule has 1 amide bonds. The van der Waals surface area contributed by atoms with Crippen molar-refractivity contribution < 1.29 is 14.3 Å². The van der Waals surface area contributed by atoms with Crippen LogP contribution in [0.5, 0.6) is 0 Å². The van der Waals surface area contributed by atoms with Crippen LogP contribution in [0, 0.1) is 0 Å². The Morgan fingerprint density at radius 1 is 1.19 bits per heavy atom. The highest BCUT2D eigenvalue weighted by Crippen LogP contribution is 2.04. The molecule has 0 aromatic carbocycles. The van der Waals surface area contributed by atoms with E-state index in [1.54, 1.807) is 4.90 Å². The van der Waals surface area contributed by atoms with Crippen molar-refractivity contribution in [2.24, 2.45) is 0 Å². The first-order valence-electron chi connectivity index (χ1n) is 5.71. The van der Waals surface area contributed by atoms with E-state index >= 15 is 0 Å². The number of halogens is 1. The fourth-order valence-corrected chi connectivity index (χ4v) is 1.51. The van der Waals surface area contributed by atoms with Crippen LogP contribution in [-0.2, 0) is 14.3 Å². The van der Waals surface area contributed by atoms with Gasteiger partial charge in [-0.2, -0.15) is 0 Å². The standard InChI is InChI=1S/C11H22BrNO3/c1-4-15-8-6-13(7-9-16-5-2)11(14)10(3)12/h10H,4-9H2,1-3H3. The molecule has 0 N–H and O–H groups in total. The largest absolute Gasteiger partial charge is 0.380 e. The van der Waals surface area contributed by atoms with Gasteiger partial charge in [0.1, 0.15) is 0 Å².